The number of nitro benzene ring substituents is 1. The van der Waals surface area contributed by atoms with Crippen LogP contribution in [0.25, 0.3) is 0 Å². The molecule has 1 aromatic carbocycles. The van der Waals surface area contributed by atoms with Gasteiger partial charge in [-0.15, -0.1) is 0 Å². The molecule has 21 heavy (non-hydrogen) atoms. The van der Waals surface area contributed by atoms with Gasteiger partial charge in [0.2, 0.25) is 0 Å². The van der Waals surface area contributed by atoms with Crippen LogP contribution in [-0.2, 0) is 0 Å². The summed E-state index contributed by atoms with van der Waals surface area (Å²) in [5.74, 6) is 0.347. The number of ether oxygens (including phenoxy) is 1. The lowest BCUT2D eigenvalue weighted by molar-refractivity contribution is -0.385. The van der Waals surface area contributed by atoms with Crippen LogP contribution in [0.3, 0.4) is 0 Å². The Morgan fingerprint density at radius 3 is 2.76 bits per heavy atom. The van der Waals surface area contributed by atoms with E-state index in [0.29, 0.717) is 18.4 Å². The van der Waals surface area contributed by atoms with Gasteiger partial charge in [0.1, 0.15) is 0 Å². The molecular weight excluding hydrogens is 270 g/mol. The molecule has 116 valence electrons. The fourth-order valence-corrected chi connectivity index (χ4v) is 2.47. The highest BCUT2D eigenvalue weighted by molar-refractivity contribution is 5.58. The summed E-state index contributed by atoms with van der Waals surface area (Å²) in [5, 5.41) is 14.5. The average Bonchev–Trinajstić information content (AvgIpc) is 2.47. The second-order valence-electron chi connectivity index (χ2n) is 5.51. The number of likely N-dealkylation sites (tertiary alicyclic amines) is 1. The highest BCUT2D eigenvalue weighted by Crippen LogP contribution is 2.31. The van der Waals surface area contributed by atoms with E-state index >= 15 is 0 Å². The molecule has 1 saturated heterocycles. The van der Waals surface area contributed by atoms with Crippen molar-refractivity contribution >= 4 is 11.4 Å². The maximum absolute atomic E-state index is 11.0. The second-order valence-corrected chi connectivity index (χ2v) is 5.51. The Bertz CT molecular complexity index is 485. The number of rotatable bonds is 6. The van der Waals surface area contributed by atoms with Gasteiger partial charge >= 0.3 is 5.69 Å². The molecule has 0 radical (unpaired) electrons. The first kappa shape index (κ1) is 15.6. The van der Waals surface area contributed by atoms with Crippen LogP contribution >= 0.6 is 0 Å². The van der Waals surface area contributed by atoms with Crippen LogP contribution in [0.5, 0.6) is 5.75 Å². The summed E-state index contributed by atoms with van der Waals surface area (Å²) in [6.45, 7) is 4.61. The van der Waals surface area contributed by atoms with Gasteiger partial charge in [-0.1, -0.05) is 6.92 Å². The quantitative estimate of drug-likeness (QED) is 0.645. The fourth-order valence-electron chi connectivity index (χ4n) is 2.47. The lowest BCUT2D eigenvalue weighted by Crippen LogP contribution is -2.36. The molecule has 0 spiro atoms. The Balaban J connectivity index is 2.07. The SMILES string of the molecule is CCCOc1cc(NC2CCN(C)CC2)ccc1[N+](=O)[O-]. The fraction of sp³-hybridized carbons (Fsp3) is 0.600. The van der Waals surface area contributed by atoms with E-state index in [-0.39, 0.29) is 5.69 Å². The summed E-state index contributed by atoms with van der Waals surface area (Å²) in [7, 11) is 2.12. The molecular formula is C15H23N3O3. The van der Waals surface area contributed by atoms with E-state index in [1.165, 1.54) is 6.07 Å². The van der Waals surface area contributed by atoms with Crippen molar-refractivity contribution in [1.82, 2.24) is 4.90 Å². The number of piperidine rings is 1. The molecule has 0 aliphatic carbocycles. The summed E-state index contributed by atoms with van der Waals surface area (Å²) in [6, 6.07) is 5.44. The molecule has 0 unspecified atom stereocenters. The van der Waals surface area contributed by atoms with Crippen molar-refractivity contribution < 1.29 is 9.66 Å². The van der Waals surface area contributed by atoms with E-state index in [2.05, 4.69) is 17.3 Å². The average molecular weight is 293 g/mol. The summed E-state index contributed by atoms with van der Waals surface area (Å²) in [6.07, 6.45) is 2.99. The minimum atomic E-state index is -0.398. The summed E-state index contributed by atoms with van der Waals surface area (Å²) in [5.41, 5.74) is 0.915. The van der Waals surface area contributed by atoms with E-state index in [9.17, 15) is 10.1 Å². The van der Waals surface area contributed by atoms with Crippen molar-refractivity contribution in [2.24, 2.45) is 0 Å². The number of hydrogen-bond acceptors (Lipinski definition) is 5. The number of benzene rings is 1. The molecule has 0 amide bonds. The Kier molecular flexibility index (Phi) is 5.38. The molecule has 1 aliphatic heterocycles. The molecule has 1 fully saturated rings. The predicted octanol–water partition coefficient (Wildman–Crippen LogP) is 2.89. The van der Waals surface area contributed by atoms with Crippen molar-refractivity contribution in [2.45, 2.75) is 32.2 Å². The Hall–Kier alpha value is -1.82. The maximum atomic E-state index is 11.0. The molecule has 6 nitrogen and oxygen atoms in total. The highest BCUT2D eigenvalue weighted by Gasteiger charge is 2.19. The van der Waals surface area contributed by atoms with Crippen LogP contribution in [0.1, 0.15) is 26.2 Å². The minimum absolute atomic E-state index is 0.0253. The van der Waals surface area contributed by atoms with Crippen LogP contribution in [0.15, 0.2) is 18.2 Å². The van der Waals surface area contributed by atoms with E-state index in [1.807, 2.05) is 6.92 Å². The smallest absolute Gasteiger partial charge is 0.311 e. The van der Waals surface area contributed by atoms with Crippen molar-refractivity contribution in [3.8, 4) is 5.75 Å². The van der Waals surface area contributed by atoms with Crippen LogP contribution in [0.2, 0.25) is 0 Å². The van der Waals surface area contributed by atoms with E-state index < -0.39 is 4.92 Å². The van der Waals surface area contributed by atoms with Crippen molar-refractivity contribution in [3.63, 3.8) is 0 Å². The van der Waals surface area contributed by atoms with Crippen molar-refractivity contribution in [2.75, 3.05) is 32.1 Å². The molecule has 0 bridgehead atoms. The lowest BCUT2D eigenvalue weighted by Gasteiger charge is -2.30. The van der Waals surface area contributed by atoms with Crippen LogP contribution in [-0.4, -0.2) is 42.6 Å². The standard InChI is InChI=1S/C15H23N3O3/c1-3-10-21-15-11-13(4-5-14(15)18(19)20)16-12-6-8-17(2)9-7-12/h4-5,11-12,16H,3,6-10H2,1-2H3. The summed E-state index contributed by atoms with van der Waals surface area (Å²) >= 11 is 0. The van der Waals surface area contributed by atoms with Gasteiger partial charge in [-0.2, -0.15) is 0 Å². The minimum Gasteiger partial charge on any atom is -0.487 e. The first-order valence-electron chi connectivity index (χ1n) is 7.46. The Labute approximate surface area is 125 Å². The highest BCUT2D eigenvalue weighted by atomic mass is 16.6. The van der Waals surface area contributed by atoms with Crippen molar-refractivity contribution in [3.05, 3.63) is 28.3 Å². The molecule has 0 aromatic heterocycles. The molecule has 6 heteroatoms. The van der Waals surface area contributed by atoms with Crippen molar-refractivity contribution in [1.29, 1.82) is 0 Å². The molecule has 1 heterocycles. The van der Waals surface area contributed by atoms with Gasteiger partial charge in [0.05, 0.1) is 11.5 Å². The Morgan fingerprint density at radius 1 is 1.43 bits per heavy atom. The zero-order valence-corrected chi connectivity index (χ0v) is 12.7. The summed E-state index contributed by atoms with van der Waals surface area (Å²) < 4.78 is 5.50. The number of nitro groups is 1. The number of nitrogens with zero attached hydrogens (tertiary/aromatic N) is 2. The first-order chi connectivity index (χ1) is 10.1. The van der Waals surface area contributed by atoms with Gasteiger partial charge in [0.25, 0.3) is 0 Å². The van der Waals surface area contributed by atoms with Crippen LogP contribution in [0, 0.1) is 10.1 Å². The van der Waals surface area contributed by atoms with E-state index in [1.54, 1.807) is 12.1 Å². The van der Waals surface area contributed by atoms with Crippen LogP contribution in [0.4, 0.5) is 11.4 Å². The number of nitrogens with one attached hydrogen (secondary N) is 1. The predicted molar refractivity (Wildman–Crippen MR) is 83.0 cm³/mol. The molecule has 1 N–H and O–H groups in total. The third-order valence-electron chi connectivity index (χ3n) is 3.71. The van der Waals surface area contributed by atoms with Gasteiger partial charge in [-0.25, -0.2) is 0 Å². The Morgan fingerprint density at radius 2 is 2.14 bits per heavy atom. The third-order valence-corrected chi connectivity index (χ3v) is 3.71. The number of anilines is 1. The van der Waals surface area contributed by atoms with Gasteiger partial charge in [0, 0.05) is 23.9 Å². The zero-order valence-electron chi connectivity index (χ0n) is 12.7. The van der Waals surface area contributed by atoms with Gasteiger partial charge in [-0.3, -0.25) is 10.1 Å². The summed E-state index contributed by atoms with van der Waals surface area (Å²) in [4.78, 5) is 12.9. The molecule has 0 saturated carbocycles. The topological polar surface area (TPSA) is 67.6 Å². The van der Waals surface area contributed by atoms with Crippen LogP contribution < -0.4 is 10.1 Å². The van der Waals surface area contributed by atoms with Gasteiger partial charge < -0.3 is 15.0 Å². The van der Waals surface area contributed by atoms with Gasteiger partial charge in [0.15, 0.2) is 5.75 Å². The largest absolute Gasteiger partial charge is 0.487 e. The van der Waals surface area contributed by atoms with Gasteiger partial charge in [-0.05, 0) is 45.5 Å². The monoisotopic (exact) mass is 293 g/mol. The molecule has 1 aromatic rings. The zero-order chi connectivity index (χ0) is 15.2. The lowest BCUT2D eigenvalue weighted by atomic mass is 10.1. The second kappa shape index (κ2) is 7.26. The number of hydrogen-bond donors (Lipinski definition) is 1. The molecule has 1 aliphatic rings. The normalized spacial score (nSPS) is 16.7. The first-order valence-corrected chi connectivity index (χ1v) is 7.46. The maximum Gasteiger partial charge on any atom is 0.311 e. The molecule has 2 rings (SSSR count). The molecule has 0 atom stereocenters. The van der Waals surface area contributed by atoms with E-state index in [4.69, 9.17) is 4.74 Å². The third kappa shape index (κ3) is 4.32. The van der Waals surface area contributed by atoms with E-state index in [0.717, 1.165) is 38.0 Å².